The Morgan fingerprint density at radius 3 is 2.47 bits per heavy atom. The van der Waals surface area contributed by atoms with Crippen molar-refractivity contribution in [2.75, 3.05) is 33.7 Å². The highest BCUT2D eigenvalue weighted by Gasteiger charge is 2.37. The van der Waals surface area contributed by atoms with Gasteiger partial charge in [0.25, 0.3) is 0 Å². The molecule has 2 saturated heterocycles. The molecule has 0 aliphatic carbocycles. The molecule has 0 saturated carbocycles. The molecule has 0 aromatic rings. The molecule has 0 aromatic carbocycles. The normalized spacial score (nSPS) is 27.9. The van der Waals surface area contributed by atoms with Gasteiger partial charge in [0.05, 0.1) is 0 Å². The van der Waals surface area contributed by atoms with E-state index in [1.807, 2.05) is 19.0 Å². The average Bonchev–Trinajstić information content (AvgIpc) is 2.87. The van der Waals surface area contributed by atoms with E-state index in [1.54, 1.807) is 0 Å². The molecule has 2 heterocycles. The highest BCUT2D eigenvalue weighted by atomic mass is 16.4. The second kappa shape index (κ2) is 5.77. The second-order valence-corrected chi connectivity index (χ2v) is 5.68. The van der Waals surface area contributed by atoms with Crippen LogP contribution >= 0.6 is 0 Å². The van der Waals surface area contributed by atoms with E-state index in [-0.39, 0.29) is 6.03 Å². The van der Waals surface area contributed by atoms with Crippen molar-refractivity contribution in [3.63, 3.8) is 0 Å². The molecule has 6 heteroatoms. The number of amides is 2. The Bertz CT molecular complexity index is 359. The van der Waals surface area contributed by atoms with Crippen molar-refractivity contribution in [2.24, 2.45) is 0 Å². The summed E-state index contributed by atoms with van der Waals surface area (Å²) >= 11 is 0. The maximum absolute atomic E-state index is 12.5. The van der Waals surface area contributed by atoms with Gasteiger partial charge in [-0.05, 0) is 39.8 Å². The summed E-state index contributed by atoms with van der Waals surface area (Å²) in [6.07, 6.45) is 3.44. The second-order valence-electron chi connectivity index (χ2n) is 5.68. The van der Waals surface area contributed by atoms with E-state index in [0.717, 1.165) is 25.8 Å². The minimum Gasteiger partial charge on any atom is -0.480 e. The Balaban J connectivity index is 2.00. The third kappa shape index (κ3) is 3.00. The molecule has 0 bridgehead atoms. The molecule has 2 atom stereocenters. The Morgan fingerprint density at radius 1 is 1.16 bits per heavy atom. The Kier molecular flexibility index (Phi) is 4.29. The number of carbonyl (C=O) groups is 2. The summed E-state index contributed by atoms with van der Waals surface area (Å²) in [6, 6.07) is -0.354. The lowest BCUT2D eigenvalue weighted by Crippen LogP contribution is -2.53. The third-order valence-electron chi connectivity index (χ3n) is 4.18. The van der Waals surface area contributed by atoms with Gasteiger partial charge in [-0.15, -0.1) is 0 Å². The summed E-state index contributed by atoms with van der Waals surface area (Å²) in [5.74, 6) is -0.882. The van der Waals surface area contributed by atoms with E-state index in [2.05, 4.69) is 4.90 Å². The lowest BCUT2D eigenvalue weighted by molar-refractivity contribution is -0.141. The van der Waals surface area contributed by atoms with Crippen LogP contribution in [0.5, 0.6) is 0 Å². The number of piperidine rings is 1. The van der Waals surface area contributed by atoms with Gasteiger partial charge in [0, 0.05) is 25.7 Å². The standard InChI is InChI=1S/C13H23N3O3/c1-14(2)10-5-3-7-15(9-10)13(19)16-8-4-6-11(16)12(17)18/h10-11H,3-9H2,1-2H3,(H,17,18). The van der Waals surface area contributed by atoms with Gasteiger partial charge < -0.3 is 19.8 Å². The fraction of sp³-hybridized carbons (Fsp3) is 0.846. The molecule has 2 unspecified atom stereocenters. The first-order valence-corrected chi connectivity index (χ1v) is 6.95. The van der Waals surface area contributed by atoms with Crippen LogP contribution in [0.1, 0.15) is 25.7 Å². The number of hydrogen-bond acceptors (Lipinski definition) is 3. The quantitative estimate of drug-likeness (QED) is 0.801. The number of urea groups is 1. The SMILES string of the molecule is CN(C)C1CCCN(C(=O)N2CCCC2C(=O)O)C1. The van der Waals surface area contributed by atoms with E-state index in [1.165, 1.54) is 4.90 Å². The zero-order chi connectivity index (χ0) is 14.0. The summed E-state index contributed by atoms with van der Waals surface area (Å²) in [4.78, 5) is 29.1. The van der Waals surface area contributed by atoms with Crippen LogP contribution in [0.4, 0.5) is 4.79 Å². The van der Waals surface area contributed by atoms with Gasteiger partial charge in [0.1, 0.15) is 6.04 Å². The van der Waals surface area contributed by atoms with Crippen molar-refractivity contribution >= 4 is 12.0 Å². The number of carboxylic acid groups (broad SMARTS) is 1. The molecule has 108 valence electrons. The zero-order valence-electron chi connectivity index (χ0n) is 11.7. The van der Waals surface area contributed by atoms with Crippen LogP contribution in [-0.2, 0) is 4.79 Å². The summed E-state index contributed by atoms with van der Waals surface area (Å²) < 4.78 is 0. The monoisotopic (exact) mass is 269 g/mol. The van der Waals surface area contributed by atoms with Crippen LogP contribution in [0.25, 0.3) is 0 Å². The summed E-state index contributed by atoms with van der Waals surface area (Å²) in [5, 5.41) is 9.15. The topological polar surface area (TPSA) is 64.1 Å². The van der Waals surface area contributed by atoms with Crippen LogP contribution in [0.2, 0.25) is 0 Å². The molecule has 1 N–H and O–H groups in total. The highest BCUT2D eigenvalue weighted by Crippen LogP contribution is 2.22. The number of rotatable bonds is 2. The highest BCUT2D eigenvalue weighted by molar-refractivity contribution is 5.83. The Hall–Kier alpha value is -1.30. The van der Waals surface area contributed by atoms with E-state index >= 15 is 0 Å². The van der Waals surface area contributed by atoms with Crippen LogP contribution in [0, 0.1) is 0 Å². The number of likely N-dealkylation sites (tertiary alicyclic amines) is 2. The molecule has 2 rings (SSSR count). The molecule has 19 heavy (non-hydrogen) atoms. The van der Waals surface area contributed by atoms with Crippen molar-refractivity contribution in [2.45, 2.75) is 37.8 Å². The molecule has 2 amide bonds. The molecule has 2 aliphatic rings. The summed E-state index contributed by atoms with van der Waals surface area (Å²) in [6.45, 7) is 2.01. The fourth-order valence-electron chi connectivity index (χ4n) is 2.98. The van der Waals surface area contributed by atoms with Crippen LogP contribution in [-0.4, -0.2) is 77.6 Å². The first kappa shape index (κ1) is 14.1. The van der Waals surface area contributed by atoms with Gasteiger partial charge in [-0.3, -0.25) is 0 Å². The minimum atomic E-state index is -0.882. The molecule has 0 radical (unpaired) electrons. The molecule has 0 spiro atoms. The fourth-order valence-corrected chi connectivity index (χ4v) is 2.98. The number of likely N-dealkylation sites (N-methyl/N-ethyl adjacent to an activating group) is 1. The van der Waals surface area contributed by atoms with E-state index < -0.39 is 12.0 Å². The van der Waals surface area contributed by atoms with Crippen LogP contribution < -0.4 is 0 Å². The molecule has 2 fully saturated rings. The van der Waals surface area contributed by atoms with Gasteiger partial charge in [-0.25, -0.2) is 9.59 Å². The smallest absolute Gasteiger partial charge is 0.326 e. The molecular weight excluding hydrogens is 246 g/mol. The van der Waals surface area contributed by atoms with Crippen molar-refractivity contribution in [1.82, 2.24) is 14.7 Å². The Morgan fingerprint density at radius 2 is 1.84 bits per heavy atom. The minimum absolute atomic E-state index is 0.101. The van der Waals surface area contributed by atoms with Gasteiger partial charge in [-0.2, -0.15) is 0 Å². The van der Waals surface area contributed by atoms with Crippen molar-refractivity contribution in [3.8, 4) is 0 Å². The van der Waals surface area contributed by atoms with Crippen LogP contribution in [0.15, 0.2) is 0 Å². The number of carbonyl (C=O) groups excluding carboxylic acids is 1. The van der Waals surface area contributed by atoms with E-state index in [0.29, 0.717) is 25.6 Å². The first-order valence-electron chi connectivity index (χ1n) is 6.95. The number of carboxylic acids is 1. The maximum Gasteiger partial charge on any atom is 0.326 e. The van der Waals surface area contributed by atoms with Gasteiger partial charge >= 0.3 is 12.0 Å². The van der Waals surface area contributed by atoms with Gasteiger partial charge in [-0.1, -0.05) is 0 Å². The van der Waals surface area contributed by atoms with E-state index in [4.69, 9.17) is 5.11 Å². The van der Waals surface area contributed by atoms with Crippen LogP contribution in [0.3, 0.4) is 0 Å². The number of hydrogen-bond donors (Lipinski definition) is 1. The Labute approximate surface area is 114 Å². The lowest BCUT2D eigenvalue weighted by Gasteiger charge is -2.38. The lowest BCUT2D eigenvalue weighted by atomic mass is 10.1. The number of aliphatic carboxylic acids is 1. The molecular formula is C13H23N3O3. The maximum atomic E-state index is 12.5. The molecule has 0 aromatic heterocycles. The predicted octanol–water partition coefficient (Wildman–Crippen LogP) is 0.681. The van der Waals surface area contributed by atoms with Gasteiger partial charge in [0.2, 0.25) is 0 Å². The summed E-state index contributed by atoms with van der Waals surface area (Å²) in [5.41, 5.74) is 0. The number of nitrogens with zero attached hydrogens (tertiary/aromatic N) is 3. The molecule has 2 aliphatic heterocycles. The van der Waals surface area contributed by atoms with E-state index in [9.17, 15) is 9.59 Å². The van der Waals surface area contributed by atoms with Gasteiger partial charge in [0.15, 0.2) is 0 Å². The predicted molar refractivity (Wildman–Crippen MR) is 71.0 cm³/mol. The van der Waals surface area contributed by atoms with Crippen molar-refractivity contribution < 1.29 is 14.7 Å². The van der Waals surface area contributed by atoms with Crippen molar-refractivity contribution in [1.29, 1.82) is 0 Å². The zero-order valence-corrected chi connectivity index (χ0v) is 11.7. The first-order chi connectivity index (χ1) is 9.00. The third-order valence-corrected chi connectivity index (χ3v) is 4.18. The molecule has 6 nitrogen and oxygen atoms in total. The van der Waals surface area contributed by atoms with Crippen molar-refractivity contribution in [3.05, 3.63) is 0 Å². The summed E-state index contributed by atoms with van der Waals surface area (Å²) in [7, 11) is 4.04. The average molecular weight is 269 g/mol. The largest absolute Gasteiger partial charge is 0.480 e.